The van der Waals surface area contributed by atoms with Crippen LogP contribution in [0.15, 0.2) is 48.5 Å². The summed E-state index contributed by atoms with van der Waals surface area (Å²) in [5.74, 6) is 0.238. The van der Waals surface area contributed by atoms with E-state index in [2.05, 4.69) is 22.3 Å². The van der Waals surface area contributed by atoms with Crippen LogP contribution >= 0.6 is 0 Å². The van der Waals surface area contributed by atoms with Crippen molar-refractivity contribution in [1.82, 2.24) is 10.2 Å². The third-order valence-corrected chi connectivity index (χ3v) is 3.62. The van der Waals surface area contributed by atoms with Crippen LogP contribution in [0.4, 0.5) is 0 Å². The van der Waals surface area contributed by atoms with Crippen LogP contribution in [0.2, 0.25) is 0 Å². The molecule has 2 N–H and O–H groups in total. The van der Waals surface area contributed by atoms with Gasteiger partial charge in [-0.1, -0.05) is 42.5 Å². The molecule has 0 bridgehead atoms. The summed E-state index contributed by atoms with van der Waals surface area (Å²) in [6, 6.07) is 15.4. The molecule has 0 saturated carbocycles. The van der Waals surface area contributed by atoms with Crippen molar-refractivity contribution in [2.24, 2.45) is 0 Å². The second-order valence-corrected chi connectivity index (χ2v) is 5.96. The predicted molar refractivity (Wildman–Crippen MR) is 92.1 cm³/mol. The number of hydrogen-bond donors (Lipinski definition) is 2. The molecular weight excluding hydrogens is 288 g/mol. The molecule has 1 amide bonds. The molecule has 0 aliphatic heterocycles. The van der Waals surface area contributed by atoms with E-state index in [1.807, 2.05) is 38.4 Å². The molecule has 0 fully saturated rings. The lowest BCUT2D eigenvalue weighted by atomic mass is 10.1. The fraction of sp³-hybridized carbons (Fsp3) is 0.316. The van der Waals surface area contributed by atoms with E-state index in [1.165, 1.54) is 5.56 Å². The molecular formula is C19H24N2O2. The minimum absolute atomic E-state index is 0.00868. The summed E-state index contributed by atoms with van der Waals surface area (Å²) in [5, 5.41) is 12.6. The van der Waals surface area contributed by atoms with Gasteiger partial charge < -0.3 is 15.3 Å². The maximum absolute atomic E-state index is 11.9. The van der Waals surface area contributed by atoms with Crippen LogP contribution in [0, 0.1) is 0 Å². The van der Waals surface area contributed by atoms with Crippen LogP contribution in [0.1, 0.15) is 23.1 Å². The molecule has 2 aromatic carbocycles. The molecule has 23 heavy (non-hydrogen) atoms. The van der Waals surface area contributed by atoms with Crippen molar-refractivity contribution in [3.63, 3.8) is 0 Å². The summed E-state index contributed by atoms with van der Waals surface area (Å²) < 4.78 is 0. The quantitative estimate of drug-likeness (QED) is 0.826. The van der Waals surface area contributed by atoms with Crippen LogP contribution in [-0.4, -0.2) is 30.0 Å². The molecule has 0 aromatic heterocycles. The molecule has 4 nitrogen and oxygen atoms in total. The largest absolute Gasteiger partial charge is 0.508 e. The predicted octanol–water partition coefficient (Wildman–Crippen LogP) is 2.70. The van der Waals surface area contributed by atoms with Gasteiger partial charge in [-0.2, -0.15) is 0 Å². The third kappa shape index (κ3) is 5.75. The minimum atomic E-state index is -0.00868. The number of rotatable bonds is 7. The Bertz CT molecular complexity index is 636. The molecule has 0 aliphatic rings. The number of nitrogens with one attached hydrogen (secondary N) is 1. The number of amides is 1. The number of phenols is 1. The molecule has 0 spiro atoms. The first kappa shape index (κ1) is 17.0. The summed E-state index contributed by atoms with van der Waals surface area (Å²) in [4.78, 5) is 14.0. The van der Waals surface area contributed by atoms with Crippen molar-refractivity contribution in [3.8, 4) is 5.75 Å². The van der Waals surface area contributed by atoms with E-state index in [9.17, 15) is 9.90 Å². The summed E-state index contributed by atoms with van der Waals surface area (Å²) in [6.07, 6.45) is 0.913. The van der Waals surface area contributed by atoms with E-state index in [-0.39, 0.29) is 11.7 Å². The standard InChI is InChI=1S/C19H24N2O2/c1-21(2)14-16-9-7-15(8-10-16)13-20-19(23)12-11-17-5-3-4-6-18(17)22/h3-10,22H,11-14H2,1-2H3,(H,20,23). The minimum Gasteiger partial charge on any atom is -0.508 e. The van der Waals surface area contributed by atoms with Gasteiger partial charge in [0, 0.05) is 19.5 Å². The van der Waals surface area contributed by atoms with Crippen LogP contribution in [0.3, 0.4) is 0 Å². The van der Waals surface area contributed by atoms with E-state index in [1.54, 1.807) is 12.1 Å². The number of benzene rings is 2. The van der Waals surface area contributed by atoms with Crippen molar-refractivity contribution in [2.45, 2.75) is 25.9 Å². The Morgan fingerprint density at radius 1 is 1.04 bits per heavy atom. The lowest BCUT2D eigenvalue weighted by Crippen LogP contribution is -2.23. The summed E-state index contributed by atoms with van der Waals surface area (Å²) in [6.45, 7) is 1.44. The SMILES string of the molecule is CN(C)Cc1ccc(CNC(=O)CCc2ccccc2O)cc1. The highest BCUT2D eigenvalue weighted by Crippen LogP contribution is 2.17. The average molecular weight is 312 g/mol. The van der Waals surface area contributed by atoms with Gasteiger partial charge in [-0.05, 0) is 43.3 Å². The Morgan fingerprint density at radius 2 is 1.70 bits per heavy atom. The van der Waals surface area contributed by atoms with Crippen LogP contribution in [0.25, 0.3) is 0 Å². The highest BCUT2D eigenvalue weighted by molar-refractivity contribution is 5.76. The third-order valence-electron chi connectivity index (χ3n) is 3.62. The Balaban J connectivity index is 1.77. The zero-order valence-corrected chi connectivity index (χ0v) is 13.7. The smallest absolute Gasteiger partial charge is 0.220 e. The highest BCUT2D eigenvalue weighted by Gasteiger charge is 2.05. The molecule has 122 valence electrons. The lowest BCUT2D eigenvalue weighted by Gasteiger charge is -2.10. The molecule has 2 rings (SSSR count). The molecule has 0 atom stereocenters. The van der Waals surface area contributed by atoms with Crippen LogP contribution < -0.4 is 5.32 Å². The topological polar surface area (TPSA) is 52.6 Å². The maximum Gasteiger partial charge on any atom is 0.220 e. The maximum atomic E-state index is 11.9. The van der Waals surface area contributed by atoms with E-state index < -0.39 is 0 Å². The van der Waals surface area contributed by atoms with Gasteiger partial charge in [0.2, 0.25) is 5.91 Å². The zero-order chi connectivity index (χ0) is 16.7. The molecule has 0 unspecified atom stereocenters. The van der Waals surface area contributed by atoms with E-state index >= 15 is 0 Å². The van der Waals surface area contributed by atoms with Gasteiger partial charge in [-0.3, -0.25) is 4.79 Å². The average Bonchev–Trinajstić information content (AvgIpc) is 2.53. The first-order chi connectivity index (χ1) is 11.0. The molecule has 0 heterocycles. The molecule has 0 aliphatic carbocycles. The molecule has 0 saturated heterocycles. The monoisotopic (exact) mass is 312 g/mol. The van der Waals surface area contributed by atoms with Crippen molar-refractivity contribution in [3.05, 3.63) is 65.2 Å². The number of aryl methyl sites for hydroxylation is 1. The van der Waals surface area contributed by atoms with Gasteiger partial charge in [-0.25, -0.2) is 0 Å². The highest BCUT2D eigenvalue weighted by atomic mass is 16.3. The number of aromatic hydroxyl groups is 1. The second-order valence-electron chi connectivity index (χ2n) is 5.96. The van der Waals surface area contributed by atoms with Gasteiger partial charge in [0.05, 0.1) is 0 Å². The van der Waals surface area contributed by atoms with Crippen LogP contribution in [0.5, 0.6) is 5.75 Å². The van der Waals surface area contributed by atoms with Gasteiger partial charge in [0.15, 0.2) is 0 Å². The van der Waals surface area contributed by atoms with Crippen LogP contribution in [-0.2, 0) is 24.3 Å². The fourth-order valence-electron chi connectivity index (χ4n) is 2.39. The summed E-state index contributed by atoms with van der Waals surface area (Å²) in [5.41, 5.74) is 3.14. The van der Waals surface area contributed by atoms with Crippen molar-refractivity contribution in [1.29, 1.82) is 0 Å². The Kier molecular flexibility index (Phi) is 6.18. The second kappa shape index (κ2) is 8.34. The van der Waals surface area contributed by atoms with E-state index in [0.717, 1.165) is 17.7 Å². The van der Waals surface area contributed by atoms with Gasteiger partial charge >= 0.3 is 0 Å². The lowest BCUT2D eigenvalue weighted by molar-refractivity contribution is -0.121. The number of carbonyl (C=O) groups is 1. The van der Waals surface area contributed by atoms with Gasteiger partial charge in [-0.15, -0.1) is 0 Å². The zero-order valence-electron chi connectivity index (χ0n) is 13.7. The summed E-state index contributed by atoms with van der Waals surface area (Å²) >= 11 is 0. The van der Waals surface area contributed by atoms with Gasteiger partial charge in [0.25, 0.3) is 0 Å². The fourth-order valence-corrected chi connectivity index (χ4v) is 2.39. The van der Waals surface area contributed by atoms with E-state index in [4.69, 9.17) is 0 Å². The number of carbonyl (C=O) groups excluding carboxylic acids is 1. The van der Waals surface area contributed by atoms with Crippen molar-refractivity contribution < 1.29 is 9.90 Å². The first-order valence-corrected chi connectivity index (χ1v) is 7.80. The van der Waals surface area contributed by atoms with Crippen molar-refractivity contribution >= 4 is 5.91 Å². The number of para-hydroxylation sites is 1. The number of nitrogens with zero attached hydrogens (tertiary/aromatic N) is 1. The van der Waals surface area contributed by atoms with E-state index in [0.29, 0.717) is 19.4 Å². The number of hydrogen-bond acceptors (Lipinski definition) is 3. The Hall–Kier alpha value is -2.33. The first-order valence-electron chi connectivity index (χ1n) is 7.80. The number of phenolic OH excluding ortho intramolecular Hbond substituents is 1. The molecule has 2 aromatic rings. The van der Waals surface area contributed by atoms with Crippen molar-refractivity contribution in [2.75, 3.05) is 14.1 Å². The normalized spacial score (nSPS) is 10.7. The molecule has 4 heteroatoms. The van der Waals surface area contributed by atoms with Gasteiger partial charge in [0.1, 0.15) is 5.75 Å². The summed E-state index contributed by atoms with van der Waals surface area (Å²) in [7, 11) is 4.08. The molecule has 0 radical (unpaired) electrons. The Labute approximate surface area is 137 Å². The Morgan fingerprint density at radius 3 is 2.35 bits per heavy atom.